The summed E-state index contributed by atoms with van der Waals surface area (Å²) in [6, 6.07) is 14.5. The maximum atomic E-state index is 6.06. The van der Waals surface area contributed by atoms with Gasteiger partial charge in [0, 0.05) is 28.2 Å². The highest BCUT2D eigenvalue weighted by molar-refractivity contribution is 6.31. The van der Waals surface area contributed by atoms with E-state index in [4.69, 9.17) is 17.3 Å². The van der Waals surface area contributed by atoms with E-state index in [1.807, 2.05) is 19.1 Å². The molecule has 3 heteroatoms. The van der Waals surface area contributed by atoms with Gasteiger partial charge in [-0.3, -0.25) is 0 Å². The van der Waals surface area contributed by atoms with Crippen LogP contribution in [0.15, 0.2) is 42.5 Å². The van der Waals surface area contributed by atoms with E-state index in [0.717, 1.165) is 32.9 Å². The lowest BCUT2D eigenvalue weighted by molar-refractivity contribution is 1.08. The topological polar surface area (TPSA) is 41.8 Å². The minimum Gasteiger partial charge on any atom is -0.355 e. The van der Waals surface area contributed by atoms with Gasteiger partial charge in [-0.2, -0.15) is 0 Å². The predicted molar refractivity (Wildman–Crippen MR) is 81.4 cm³/mol. The summed E-state index contributed by atoms with van der Waals surface area (Å²) in [5.74, 6) is 0. The molecule has 0 aliphatic carbocycles. The summed E-state index contributed by atoms with van der Waals surface area (Å²) in [5.41, 5.74) is 11.3. The van der Waals surface area contributed by atoms with E-state index < -0.39 is 0 Å². The van der Waals surface area contributed by atoms with Gasteiger partial charge in [-0.1, -0.05) is 23.7 Å². The quantitative estimate of drug-likeness (QED) is 0.718. The van der Waals surface area contributed by atoms with Crippen LogP contribution in [0.4, 0.5) is 0 Å². The van der Waals surface area contributed by atoms with Gasteiger partial charge < -0.3 is 10.7 Å². The molecule has 1 heterocycles. The van der Waals surface area contributed by atoms with Gasteiger partial charge in [0.15, 0.2) is 0 Å². The number of aromatic nitrogens is 1. The van der Waals surface area contributed by atoms with Crippen LogP contribution in [0.5, 0.6) is 0 Å². The molecule has 3 N–H and O–H groups in total. The van der Waals surface area contributed by atoms with E-state index >= 15 is 0 Å². The second kappa shape index (κ2) is 4.72. The molecule has 96 valence electrons. The van der Waals surface area contributed by atoms with Crippen molar-refractivity contribution >= 4 is 22.5 Å². The number of nitrogens with two attached hydrogens (primary N) is 1. The molecule has 1 aromatic heterocycles. The Bertz CT molecular complexity index is 744. The van der Waals surface area contributed by atoms with E-state index in [9.17, 15) is 0 Å². The Morgan fingerprint density at radius 3 is 2.68 bits per heavy atom. The number of benzene rings is 2. The standard InChI is InChI=1S/C16H15ClN2/c1-10-6-12(3-4-14(10)17)16-8-13-7-11(9-18)2-5-15(13)19-16/h2-8,19H,9,18H2,1H3. The van der Waals surface area contributed by atoms with Crippen LogP contribution in [0.3, 0.4) is 0 Å². The molecule has 0 unspecified atom stereocenters. The molecule has 0 fully saturated rings. The van der Waals surface area contributed by atoms with Crippen LogP contribution in [0.1, 0.15) is 11.1 Å². The fraction of sp³-hybridized carbons (Fsp3) is 0.125. The average molecular weight is 271 g/mol. The van der Waals surface area contributed by atoms with Crippen molar-refractivity contribution in [2.75, 3.05) is 0 Å². The lowest BCUT2D eigenvalue weighted by Crippen LogP contribution is -1.94. The van der Waals surface area contributed by atoms with Gasteiger partial charge in [0.25, 0.3) is 0 Å². The summed E-state index contributed by atoms with van der Waals surface area (Å²) >= 11 is 6.06. The Labute approximate surface area is 117 Å². The lowest BCUT2D eigenvalue weighted by atomic mass is 10.1. The van der Waals surface area contributed by atoms with Crippen molar-refractivity contribution in [2.24, 2.45) is 5.73 Å². The Morgan fingerprint density at radius 1 is 1.11 bits per heavy atom. The molecule has 0 bridgehead atoms. The molecule has 0 saturated heterocycles. The minimum atomic E-state index is 0.566. The molecule has 0 amide bonds. The van der Waals surface area contributed by atoms with Crippen LogP contribution >= 0.6 is 11.6 Å². The third-order valence-corrected chi connectivity index (χ3v) is 3.81. The van der Waals surface area contributed by atoms with Crippen molar-refractivity contribution in [3.63, 3.8) is 0 Å². The summed E-state index contributed by atoms with van der Waals surface area (Å²) in [6.07, 6.45) is 0. The molecule has 19 heavy (non-hydrogen) atoms. The summed E-state index contributed by atoms with van der Waals surface area (Å²) in [6.45, 7) is 2.58. The number of hydrogen-bond donors (Lipinski definition) is 2. The summed E-state index contributed by atoms with van der Waals surface area (Å²) in [5, 5.41) is 1.98. The largest absolute Gasteiger partial charge is 0.355 e. The number of nitrogens with one attached hydrogen (secondary N) is 1. The number of fused-ring (bicyclic) bond motifs is 1. The molecule has 0 atom stereocenters. The van der Waals surface area contributed by atoms with E-state index in [1.54, 1.807) is 0 Å². The molecule has 0 saturated carbocycles. The van der Waals surface area contributed by atoms with Gasteiger partial charge in [-0.25, -0.2) is 0 Å². The highest BCUT2D eigenvalue weighted by atomic mass is 35.5. The normalized spacial score (nSPS) is 11.1. The van der Waals surface area contributed by atoms with E-state index in [2.05, 4.69) is 35.3 Å². The number of rotatable bonds is 2. The first-order valence-electron chi connectivity index (χ1n) is 6.25. The van der Waals surface area contributed by atoms with Crippen molar-refractivity contribution in [2.45, 2.75) is 13.5 Å². The second-order valence-corrected chi connectivity index (χ2v) is 5.18. The molecule has 2 aromatic carbocycles. The summed E-state index contributed by atoms with van der Waals surface area (Å²) in [4.78, 5) is 3.43. The zero-order valence-corrected chi connectivity index (χ0v) is 11.5. The highest BCUT2D eigenvalue weighted by Gasteiger charge is 2.05. The number of halogens is 1. The number of aromatic amines is 1. The van der Waals surface area contributed by atoms with Crippen LogP contribution in [-0.4, -0.2) is 4.98 Å². The number of H-pyrrole nitrogens is 1. The van der Waals surface area contributed by atoms with Gasteiger partial charge >= 0.3 is 0 Å². The molecular formula is C16H15ClN2. The summed E-state index contributed by atoms with van der Waals surface area (Å²) in [7, 11) is 0. The first-order valence-corrected chi connectivity index (χ1v) is 6.63. The highest BCUT2D eigenvalue weighted by Crippen LogP contribution is 2.27. The SMILES string of the molecule is Cc1cc(-c2cc3cc(CN)ccc3[nH]2)ccc1Cl. The van der Waals surface area contributed by atoms with Crippen LogP contribution < -0.4 is 5.73 Å². The Kier molecular flexibility index (Phi) is 3.05. The third-order valence-electron chi connectivity index (χ3n) is 3.39. The van der Waals surface area contributed by atoms with Crippen LogP contribution in [0.2, 0.25) is 5.02 Å². The van der Waals surface area contributed by atoms with Crippen LogP contribution in [0.25, 0.3) is 22.2 Å². The molecule has 0 aliphatic rings. The zero-order valence-electron chi connectivity index (χ0n) is 10.7. The monoisotopic (exact) mass is 270 g/mol. The Hall–Kier alpha value is -1.77. The van der Waals surface area contributed by atoms with Gasteiger partial charge in [-0.05, 0) is 53.9 Å². The molecule has 0 radical (unpaired) electrons. The fourth-order valence-corrected chi connectivity index (χ4v) is 2.39. The molecule has 0 aliphatic heterocycles. The second-order valence-electron chi connectivity index (χ2n) is 4.77. The number of aryl methyl sites for hydroxylation is 1. The first-order chi connectivity index (χ1) is 9.17. The molecule has 2 nitrogen and oxygen atoms in total. The average Bonchev–Trinajstić information content (AvgIpc) is 2.84. The Morgan fingerprint density at radius 2 is 1.95 bits per heavy atom. The third kappa shape index (κ3) is 2.25. The van der Waals surface area contributed by atoms with Gasteiger partial charge in [0.1, 0.15) is 0 Å². The van der Waals surface area contributed by atoms with Crippen LogP contribution in [-0.2, 0) is 6.54 Å². The maximum absolute atomic E-state index is 6.06. The number of hydrogen-bond acceptors (Lipinski definition) is 1. The first kappa shape index (κ1) is 12.3. The van der Waals surface area contributed by atoms with Gasteiger partial charge in [0.05, 0.1) is 0 Å². The minimum absolute atomic E-state index is 0.566. The molecular weight excluding hydrogens is 256 g/mol. The van der Waals surface area contributed by atoms with Crippen molar-refractivity contribution in [1.29, 1.82) is 0 Å². The Balaban J connectivity index is 2.11. The van der Waals surface area contributed by atoms with E-state index in [1.165, 1.54) is 5.39 Å². The van der Waals surface area contributed by atoms with Crippen LogP contribution in [0, 0.1) is 6.92 Å². The molecule has 0 spiro atoms. The fourth-order valence-electron chi connectivity index (χ4n) is 2.28. The summed E-state index contributed by atoms with van der Waals surface area (Å²) < 4.78 is 0. The zero-order chi connectivity index (χ0) is 13.4. The predicted octanol–water partition coefficient (Wildman–Crippen LogP) is 4.26. The smallest absolute Gasteiger partial charge is 0.0464 e. The molecule has 3 aromatic rings. The van der Waals surface area contributed by atoms with Gasteiger partial charge in [-0.15, -0.1) is 0 Å². The molecule has 3 rings (SSSR count). The maximum Gasteiger partial charge on any atom is 0.0464 e. The van der Waals surface area contributed by atoms with Crippen molar-refractivity contribution < 1.29 is 0 Å². The van der Waals surface area contributed by atoms with Gasteiger partial charge in [0.2, 0.25) is 0 Å². The van der Waals surface area contributed by atoms with Crippen molar-refractivity contribution in [3.8, 4) is 11.3 Å². The van der Waals surface area contributed by atoms with Crippen molar-refractivity contribution in [1.82, 2.24) is 4.98 Å². The van der Waals surface area contributed by atoms with Crippen molar-refractivity contribution in [3.05, 3.63) is 58.6 Å². The van der Waals surface area contributed by atoms with E-state index in [0.29, 0.717) is 6.54 Å². The van der Waals surface area contributed by atoms with E-state index in [-0.39, 0.29) is 0 Å². The lowest BCUT2D eigenvalue weighted by Gasteiger charge is -2.01.